The van der Waals surface area contributed by atoms with Crippen LogP contribution in [0.15, 0.2) is 53.6 Å². The van der Waals surface area contributed by atoms with Gasteiger partial charge in [0, 0.05) is 5.56 Å². The molecule has 4 heteroatoms. The Morgan fingerprint density at radius 3 is 2.50 bits per heavy atom. The van der Waals surface area contributed by atoms with Crippen LogP contribution in [-0.2, 0) is 0 Å². The molecule has 0 atom stereocenters. The molecule has 0 spiro atoms. The highest BCUT2D eigenvalue weighted by atomic mass is 19.1. The summed E-state index contributed by atoms with van der Waals surface area (Å²) in [6.07, 6.45) is 0. The van der Waals surface area contributed by atoms with Gasteiger partial charge in [-0.15, -0.1) is 0 Å². The maximum Gasteiger partial charge on any atom is 0.271 e. The van der Waals surface area contributed by atoms with Crippen LogP contribution in [0.5, 0.6) is 0 Å². The molecule has 2 rings (SSSR count). The van der Waals surface area contributed by atoms with Gasteiger partial charge in [-0.2, -0.15) is 5.10 Å². The van der Waals surface area contributed by atoms with Crippen molar-refractivity contribution in [1.82, 2.24) is 5.43 Å². The standard InChI is InChI=1S/C16H15FN2O/c1-11-5-3-6-13(9-11)12(2)18-19-16(20)14-7-4-8-15(17)10-14/h3-10H,1-2H3,(H,19,20). The maximum atomic E-state index is 13.0. The molecule has 3 nitrogen and oxygen atoms in total. The molecule has 20 heavy (non-hydrogen) atoms. The van der Waals surface area contributed by atoms with E-state index in [0.717, 1.165) is 11.1 Å². The van der Waals surface area contributed by atoms with Crippen LogP contribution in [0.2, 0.25) is 0 Å². The lowest BCUT2D eigenvalue weighted by atomic mass is 10.1. The number of nitrogens with one attached hydrogen (secondary N) is 1. The predicted molar refractivity (Wildman–Crippen MR) is 77.3 cm³/mol. The second-order valence-electron chi connectivity index (χ2n) is 4.52. The molecule has 2 aromatic carbocycles. The molecule has 102 valence electrons. The van der Waals surface area contributed by atoms with E-state index in [-0.39, 0.29) is 5.56 Å². The molecule has 0 aliphatic heterocycles. The smallest absolute Gasteiger partial charge is 0.267 e. The fourth-order valence-corrected chi connectivity index (χ4v) is 1.76. The summed E-state index contributed by atoms with van der Waals surface area (Å²) in [5, 5.41) is 4.04. The van der Waals surface area contributed by atoms with Crippen molar-refractivity contribution in [3.05, 3.63) is 71.0 Å². The van der Waals surface area contributed by atoms with Crippen molar-refractivity contribution in [3.8, 4) is 0 Å². The highest BCUT2D eigenvalue weighted by Crippen LogP contribution is 2.06. The van der Waals surface area contributed by atoms with Crippen molar-refractivity contribution in [2.24, 2.45) is 5.10 Å². The first kappa shape index (κ1) is 13.9. The van der Waals surface area contributed by atoms with Crippen LogP contribution in [0.25, 0.3) is 0 Å². The molecule has 0 bridgehead atoms. The second-order valence-corrected chi connectivity index (χ2v) is 4.52. The summed E-state index contributed by atoms with van der Waals surface area (Å²) in [5.74, 6) is -0.881. The van der Waals surface area contributed by atoms with E-state index in [1.165, 1.54) is 24.3 Å². The van der Waals surface area contributed by atoms with Crippen LogP contribution >= 0.6 is 0 Å². The van der Waals surface area contributed by atoms with Gasteiger partial charge in [0.2, 0.25) is 0 Å². The fourth-order valence-electron chi connectivity index (χ4n) is 1.76. The average molecular weight is 270 g/mol. The molecule has 0 heterocycles. The molecule has 0 saturated carbocycles. The van der Waals surface area contributed by atoms with Gasteiger partial charge in [0.05, 0.1) is 5.71 Å². The third-order valence-electron chi connectivity index (χ3n) is 2.85. The fraction of sp³-hybridized carbons (Fsp3) is 0.125. The van der Waals surface area contributed by atoms with Gasteiger partial charge in [-0.3, -0.25) is 4.79 Å². The van der Waals surface area contributed by atoms with E-state index in [9.17, 15) is 9.18 Å². The summed E-state index contributed by atoms with van der Waals surface area (Å²) in [6.45, 7) is 3.79. The van der Waals surface area contributed by atoms with Gasteiger partial charge in [-0.05, 0) is 37.6 Å². The van der Waals surface area contributed by atoms with E-state index in [1.807, 2.05) is 31.2 Å². The third kappa shape index (κ3) is 3.51. The first-order valence-corrected chi connectivity index (χ1v) is 6.23. The summed E-state index contributed by atoms with van der Waals surface area (Å²) >= 11 is 0. The van der Waals surface area contributed by atoms with E-state index in [2.05, 4.69) is 10.5 Å². The van der Waals surface area contributed by atoms with Gasteiger partial charge in [0.25, 0.3) is 5.91 Å². The number of carbonyl (C=O) groups is 1. The number of halogens is 1. The van der Waals surface area contributed by atoms with Gasteiger partial charge in [-0.25, -0.2) is 9.82 Å². The Morgan fingerprint density at radius 2 is 1.80 bits per heavy atom. The van der Waals surface area contributed by atoms with E-state index >= 15 is 0 Å². The molecular formula is C16H15FN2O. The van der Waals surface area contributed by atoms with Crippen molar-refractivity contribution in [2.75, 3.05) is 0 Å². The number of carbonyl (C=O) groups excluding carboxylic acids is 1. The number of aryl methyl sites for hydroxylation is 1. The minimum Gasteiger partial charge on any atom is -0.267 e. The molecule has 0 aromatic heterocycles. The van der Waals surface area contributed by atoms with E-state index < -0.39 is 11.7 Å². The van der Waals surface area contributed by atoms with Crippen LogP contribution in [0.1, 0.15) is 28.4 Å². The number of amides is 1. The maximum absolute atomic E-state index is 13.0. The quantitative estimate of drug-likeness (QED) is 0.675. The van der Waals surface area contributed by atoms with Crippen molar-refractivity contribution in [1.29, 1.82) is 0 Å². The highest BCUT2D eigenvalue weighted by molar-refractivity contribution is 6.00. The molecule has 0 unspecified atom stereocenters. The summed E-state index contributed by atoms with van der Waals surface area (Å²) in [5.41, 5.74) is 5.41. The summed E-state index contributed by atoms with van der Waals surface area (Å²) < 4.78 is 13.0. The van der Waals surface area contributed by atoms with Crippen LogP contribution in [-0.4, -0.2) is 11.6 Å². The normalized spacial score (nSPS) is 11.2. The highest BCUT2D eigenvalue weighted by Gasteiger charge is 2.05. The van der Waals surface area contributed by atoms with Crippen LogP contribution < -0.4 is 5.43 Å². The number of rotatable bonds is 3. The Balaban J connectivity index is 2.11. The van der Waals surface area contributed by atoms with Crippen LogP contribution in [0.3, 0.4) is 0 Å². The average Bonchev–Trinajstić information content (AvgIpc) is 2.44. The number of hydrogen-bond acceptors (Lipinski definition) is 2. The SMILES string of the molecule is CC(=NNC(=O)c1cccc(F)c1)c1cccc(C)c1. The topological polar surface area (TPSA) is 41.5 Å². The Kier molecular flexibility index (Phi) is 4.25. The third-order valence-corrected chi connectivity index (χ3v) is 2.85. The number of hydrogen-bond donors (Lipinski definition) is 1. The molecule has 0 aliphatic rings. The molecule has 0 radical (unpaired) electrons. The Hall–Kier alpha value is -2.49. The van der Waals surface area contributed by atoms with Crippen LogP contribution in [0, 0.1) is 12.7 Å². The molecule has 1 N–H and O–H groups in total. The summed E-state index contributed by atoms with van der Waals surface area (Å²) in [7, 11) is 0. The Bertz CT molecular complexity index is 665. The zero-order chi connectivity index (χ0) is 14.5. The Labute approximate surface area is 117 Å². The number of hydrazone groups is 1. The van der Waals surface area contributed by atoms with Crippen LogP contribution in [0.4, 0.5) is 4.39 Å². The molecule has 0 fully saturated rings. The Morgan fingerprint density at radius 1 is 1.10 bits per heavy atom. The molecule has 2 aromatic rings. The minimum absolute atomic E-state index is 0.241. The largest absolute Gasteiger partial charge is 0.271 e. The first-order valence-electron chi connectivity index (χ1n) is 6.23. The molecule has 0 aliphatic carbocycles. The van der Waals surface area contributed by atoms with E-state index in [0.29, 0.717) is 5.71 Å². The lowest BCUT2D eigenvalue weighted by Gasteiger charge is -2.04. The molecule has 0 saturated heterocycles. The predicted octanol–water partition coefficient (Wildman–Crippen LogP) is 3.29. The van der Waals surface area contributed by atoms with E-state index in [1.54, 1.807) is 6.92 Å². The van der Waals surface area contributed by atoms with Gasteiger partial charge in [-0.1, -0.05) is 35.9 Å². The number of benzene rings is 2. The molecular weight excluding hydrogens is 255 g/mol. The first-order chi connectivity index (χ1) is 9.56. The zero-order valence-electron chi connectivity index (χ0n) is 11.4. The monoisotopic (exact) mass is 270 g/mol. The minimum atomic E-state index is -0.447. The van der Waals surface area contributed by atoms with Gasteiger partial charge < -0.3 is 0 Å². The van der Waals surface area contributed by atoms with E-state index in [4.69, 9.17) is 0 Å². The zero-order valence-corrected chi connectivity index (χ0v) is 11.4. The van der Waals surface area contributed by atoms with Crippen molar-refractivity contribution < 1.29 is 9.18 Å². The lowest BCUT2D eigenvalue weighted by Crippen LogP contribution is -2.19. The van der Waals surface area contributed by atoms with Gasteiger partial charge >= 0.3 is 0 Å². The van der Waals surface area contributed by atoms with Gasteiger partial charge in [0.15, 0.2) is 0 Å². The van der Waals surface area contributed by atoms with Crippen molar-refractivity contribution in [3.63, 3.8) is 0 Å². The van der Waals surface area contributed by atoms with Crippen molar-refractivity contribution in [2.45, 2.75) is 13.8 Å². The van der Waals surface area contributed by atoms with Crippen molar-refractivity contribution >= 4 is 11.6 Å². The summed E-state index contributed by atoms with van der Waals surface area (Å²) in [4.78, 5) is 11.8. The summed E-state index contributed by atoms with van der Waals surface area (Å²) in [6, 6.07) is 13.3. The molecule has 1 amide bonds. The number of nitrogens with zero attached hydrogens (tertiary/aromatic N) is 1. The van der Waals surface area contributed by atoms with Gasteiger partial charge in [0.1, 0.15) is 5.82 Å². The second kappa shape index (κ2) is 6.10. The lowest BCUT2D eigenvalue weighted by molar-refractivity contribution is 0.0954.